The van der Waals surface area contributed by atoms with E-state index in [9.17, 15) is 18.8 Å². The fraction of sp³-hybridized carbons (Fsp3) is 0.192. The zero-order valence-electron chi connectivity index (χ0n) is 19.1. The largest absolute Gasteiger partial charge is 0.426 e. The molecular weight excluding hydrogens is 461 g/mol. The van der Waals surface area contributed by atoms with Gasteiger partial charge < -0.3 is 9.47 Å². The summed E-state index contributed by atoms with van der Waals surface area (Å²) in [5.41, 5.74) is 2.64. The van der Waals surface area contributed by atoms with Crippen LogP contribution in [0.5, 0.6) is 0 Å². The first-order valence-corrected chi connectivity index (χ1v) is 10.8. The second kappa shape index (κ2) is 10.5. The van der Waals surface area contributed by atoms with Gasteiger partial charge in [-0.2, -0.15) is 0 Å². The maximum Gasteiger partial charge on any atom is 0.422 e. The van der Waals surface area contributed by atoms with Gasteiger partial charge in [-0.05, 0) is 61.4 Å². The lowest BCUT2D eigenvalue weighted by atomic mass is 9.99. The van der Waals surface area contributed by atoms with Crippen molar-refractivity contribution in [1.29, 1.82) is 0 Å². The molecule has 0 bridgehead atoms. The Bertz CT molecular complexity index is 1260. The molecule has 0 fully saturated rings. The van der Waals surface area contributed by atoms with E-state index in [-0.39, 0.29) is 22.1 Å². The summed E-state index contributed by atoms with van der Waals surface area (Å²) in [5.74, 6) is -1.35. The van der Waals surface area contributed by atoms with Crippen LogP contribution in [0.3, 0.4) is 0 Å². The van der Waals surface area contributed by atoms with Crippen molar-refractivity contribution in [2.75, 3.05) is 4.90 Å². The SMILES string of the molecule is CC(=O)OC(C)OC(=O)N(c1ccc(C(=O)c2ccccc2C)c(Cl)c1)c1ccc(F)cc1C. The van der Waals surface area contributed by atoms with E-state index in [1.807, 2.05) is 19.1 Å². The van der Waals surface area contributed by atoms with Crippen LogP contribution < -0.4 is 4.90 Å². The molecule has 34 heavy (non-hydrogen) atoms. The summed E-state index contributed by atoms with van der Waals surface area (Å²) < 4.78 is 23.9. The summed E-state index contributed by atoms with van der Waals surface area (Å²) in [6.07, 6.45) is -2.04. The summed E-state index contributed by atoms with van der Waals surface area (Å²) in [5, 5.41) is 0.122. The number of amides is 1. The number of carbonyl (C=O) groups excluding carboxylic acids is 3. The highest BCUT2D eigenvalue weighted by molar-refractivity contribution is 6.35. The molecule has 0 saturated heterocycles. The average molecular weight is 484 g/mol. The maximum atomic E-state index is 13.7. The number of ether oxygens (including phenoxy) is 2. The molecule has 0 saturated carbocycles. The number of ketones is 1. The van der Waals surface area contributed by atoms with Crippen LogP contribution in [-0.2, 0) is 14.3 Å². The van der Waals surface area contributed by atoms with E-state index < -0.39 is 24.2 Å². The van der Waals surface area contributed by atoms with Crippen molar-refractivity contribution in [2.45, 2.75) is 34.0 Å². The van der Waals surface area contributed by atoms with E-state index in [1.165, 1.54) is 55.1 Å². The van der Waals surface area contributed by atoms with Crippen molar-refractivity contribution in [3.05, 3.63) is 93.8 Å². The van der Waals surface area contributed by atoms with E-state index in [4.69, 9.17) is 21.1 Å². The summed E-state index contributed by atoms with van der Waals surface area (Å²) in [4.78, 5) is 38.5. The van der Waals surface area contributed by atoms with Crippen molar-refractivity contribution >= 4 is 40.8 Å². The molecule has 1 unspecified atom stereocenters. The predicted molar refractivity (Wildman–Crippen MR) is 127 cm³/mol. The van der Waals surface area contributed by atoms with Gasteiger partial charge in [0.05, 0.1) is 16.4 Å². The quantitative estimate of drug-likeness (QED) is 0.227. The molecule has 0 spiro atoms. The van der Waals surface area contributed by atoms with Crippen LogP contribution in [0.15, 0.2) is 60.7 Å². The lowest BCUT2D eigenvalue weighted by molar-refractivity contribution is -0.161. The number of aryl methyl sites for hydroxylation is 2. The highest BCUT2D eigenvalue weighted by Gasteiger charge is 2.26. The number of hydrogen-bond donors (Lipinski definition) is 0. The minimum Gasteiger partial charge on any atom is -0.426 e. The highest BCUT2D eigenvalue weighted by atomic mass is 35.5. The Balaban J connectivity index is 2.03. The maximum absolute atomic E-state index is 13.7. The lowest BCUT2D eigenvalue weighted by Gasteiger charge is -2.26. The normalized spacial score (nSPS) is 11.5. The fourth-order valence-electron chi connectivity index (χ4n) is 3.47. The molecule has 0 aliphatic rings. The van der Waals surface area contributed by atoms with Crippen LogP contribution in [0.25, 0.3) is 0 Å². The van der Waals surface area contributed by atoms with E-state index in [1.54, 1.807) is 19.1 Å². The zero-order valence-corrected chi connectivity index (χ0v) is 19.9. The van der Waals surface area contributed by atoms with Crippen LogP contribution in [0.2, 0.25) is 5.02 Å². The van der Waals surface area contributed by atoms with E-state index in [2.05, 4.69) is 0 Å². The second-order valence-electron chi connectivity index (χ2n) is 7.64. The first-order chi connectivity index (χ1) is 16.1. The third kappa shape index (κ3) is 5.61. The minimum absolute atomic E-state index is 0.122. The predicted octanol–water partition coefficient (Wildman–Crippen LogP) is 6.51. The number of carbonyl (C=O) groups is 3. The van der Waals surface area contributed by atoms with Gasteiger partial charge in [-0.15, -0.1) is 0 Å². The average Bonchev–Trinajstić information content (AvgIpc) is 2.75. The Morgan fingerprint density at radius 2 is 1.62 bits per heavy atom. The summed E-state index contributed by atoms with van der Waals surface area (Å²) in [6.45, 7) is 6.04. The molecule has 0 aliphatic carbocycles. The number of benzene rings is 3. The molecule has 0 N–H and O–H groups in total. The summed E-state index contributed by atoms with van der Waals surface area (Å²) in [7, 11) is 0. The van der Waals surface area contributed by atoms with Gasteiger partial charge >= 0.3 is 12.1 Å². The van der Waals surface area contributed by atoms with E-state index in [0.717, 1.165) is 5.56 Å². The number of anilines is 2. The monoisotopic (exact) mass is 483 g/mol. The van der Waals surface area contributed by atoms with E-state index >= 15 is 0 Å². The van der Waals surface area contributed by atoms with Crippen LogP contribution in [-0.4, -0.2) is 24.1 Å². The second-order valence-corrected chi connectivity index (χ2v) is 8.04. The van der Waals surface area contributed by atoms with Gasteiger partial charge in [-0.3, -0.25) is 9.59 Å². The molecule has 8 heteroatoms. The zero-order chi connectivity index (χ0) is 25.0. The Morgan fingerprint density at radius 1 is 0.912 bits per heavy atom. The van der Waals surface area contributed by atoms with Gasteiger partial charge in [0.2, 0.25) is 6.29 Å². The number of esters is 1. The van der Waals surface area contributed by atoms with Crippen LogP contribution in [0.4, 0.5) is 20.6 Å². The molecule has 3 aromatic carbocycles. The Hall–Kier alpha value is -3.71. The molecule has 3 aromatic rings. The van der Waals surface area contributed by atoms with Gasteiger partial charge in [0, 0.05) is 25.0 Å². The third-order valence-corrected chi connectivity index (χ3v) is 5.34. The standard InChI is InChI=1S/C26H23ClFNO5/c1-15-7-5-6-8-21(15)25(31)22-11-10-20(14-23(22)27)29(24-12-9-19(28)13-16(24)2)26(32)34-18(4)33-17(3)30/h5-14,18H,1-4H3. The molecule has 1 amide bonds. The number of halogens is 2. The van der Waals surface area contributed by atoms with Crippen LogP contribution in [0, 0.1) is 19.7 Å². The van der Waals surface area contributed by atoms with Crippen LogP contribution in [0.1, 0.15) is 40.9 Å². The Morgan fingerprint density at radius 3 is 2.24 bits per heavy atom. The summed E-state index contributed by atoms with van der Waals surface area (Å²) in [6, 6.07) is 15.5. The molecular formula is C26H23ClFNO5. The molecule has 176 valence electrons. The van der Waals surface area contributed by atoms with Crippen LogP contribution >= 0.6 is 11.6 Å². The third-order valence-electron chi connectivity index (χ3n) is 5.03. The van der Waals surface area contributed by atoms with Gasteiger partial charge in [-0.1, -0.05) is 35.9 Å². The number of hydrogen-bond acceptors (Lipinski definition) is 5. The van der Waals surface area contributed by atoms with Crippen molar-refractivity contribution in [3.8, 4) is 0 Å². The molecule has 1 atom stereocenters. The van der Waals surface area contributed by atoms with E-state index in [0.29, 0.717) is 16.8 Å². The Labute approximate surface area is 201 Å². The molecule has 6 nitrogen and oxygen atoms in total. The number of rotatable bonds is 6. The van der Waals surface area contributed by atoms with Crippen molar-refractivity contribution in [1.82, 2.24) is 0 Å². The van der Waals surface area contributed by atoms with Gasteiger partial charge in [0.15, 0.2) is 5.78 Å². The summed E-state index contributed by atoms with van der Waals surface area (Å²) >= 11 is 6.47. The lowest BCUT2D eigenvalue weighted by Crippen LogP contribution is -2.32. The fourth-order valence-corrected chi connectivity index (χ4v) is 3.73. The van der Waals surface area contributed by atoms with Gasteiger partial charge in [0.25, 0.3) is 0 Å². The molecule has 3 rings (SSSR count). The smallest absolute Gasteiger partial charge is 0.422 e. The molecule has 0 radical (unpaired) electrons. The molecule has 0 heterocycles. The minimum atomic E-state index is -1.16. The van der Waals surface area contributed by atoms with Crippen molar-refractivity contribution < 1.29 is 28.2 Å². The van der Waals surface area contributed by atoms with Crippen molar-refractivity contribution in [3.63, 3.8) is 0 Å². The van der Waals surface area contributed by atoms with Gasteiger partial charge in [-0.25, -0.2) is 14.1 Å². The van der Waals surface area contributed by atoms with Gasteiger partial charge in [0.1, 0.15) is 5.82 Å². The first-order valence-electron chi connectivity index (χ1n) is 10.4. The first kappa shape index (κ1) is 24.9. The number of nitrogens with zero attached hydrogens (tertiary/aromatic N) is 1. The molecule has 0 aliphatic heterocycles. The van der Waals surface area contributed by atoms with Crippen molar-refractivity contribution in [2.24, 2.45) is 0 Å². The Kier molecular flexibility index (Phi) is 7.68. The molecule has 0 aromatic heterocycles. The highest BCUT2D eigenvalue weighted by Crippen LogP contribution is 2.33. The topological polar surface area (TPSA) is 72.9 Å².